The van der Waals surface area contributed by atoms with Gasteiger partial charge in [0, 0.05) is 25.2 Å². The van der Waals surface area contributed by atoms with E-state index in [0.29, 0.717) is 25.2 Å². The second-order valence-corrected chi connectivity index (χ2v) is 7.04. The van der Waals surface area contributed by atoms with Crippen molar-refractivity contribution in [3.63, 3.8) is 0 Å². The van der Waals surface area contributed by atoms with Crippen molar-refractivity contribution >= 4 is 15.9 Å². The smallest absolute Gasteiger partial charge is 0.254 e. The molecule has 1 aromatic carbocycles. The van der Waals surface area contributed by atoms with Crippen molar-refractivity contribution in [1.82, 2.24) is 9.62 Å². The Labute approximate surface area is 133 Å². The van der Waals surface area contributed by atoms with E-state index in [1.165, 1.54) is 12.1 Å². The number of nitrogens with one attached hydrogen (secondary N) is 1. The second-order valence-electron chi connectivity index (χ2n) is 5.27. The second kappa shape index (κ2) is 8.29. The van der Waals surface area contributed by atoms with Gasteiger partial charge < -0.3 is 4.90 Å². The summed E-state index contributed by atoms with van der Waals surface area (Å²) in [5, 5.41) is 0. The molecule has 0 saturated heterocycles. The van der Waals surface area contributed by atoms with E-state index in [-0.39, 0.29) is 10.8 Å². The lowest BCUT2D eigenvalue weighted by molar-refractivity contribution is 0.0754. The van der Waals surface area contributed by atoms with Gasteiger partial charge in [-0.3, -0.25) is 4.79 Å². The van der Waals surface area contributed by atoms with Gasteiger partial charge in [0.1, 0.15) is 0 Å². The Morgan fingerprint density at radius 2 is 1.73 bits per heavy atom. The van der Waals surface area contributed by atoms with Gasteiger partial charge in [-0.1, -0.05) is 26.8 Å². The van der Waals surface area contributed by atoms with E-state index in [0.717, 1.165) is 18.4 Å². The molecule has 1 amide bonds. The third-order valence-electron chi connectivity index (χ3n) is 3.36. The van der Waals surface area contributed by atoms with Gasteiger partial charge >= 0.3 is 0 Å². The Morgan fingerprint density at radius 1 is 1.14 bits per heavy atom. The molecule has 0 aliphatic heterocycles. The standard InChI is InChI=1S/C16H26N2O3S/c1-5-10-18(11-6-2)16(19)15-12-14(9-8-13(15)4)22(20,21)17-7-3/h8-9,12,17H,5-7,10-11H2,1-4H3. The molecule has 0 aliphatic carbocycles. The fraction of sp³-hybridized carbons (Fsp3) is 0.562. The number of amides is 1. The molecule has 0 radical (unpaired) electrons. The summed E-state index contributed by atoms with van der Waals surface area (Å²) in [7, 11) is -3.55. The highest BCUT2D eigenvalue weighted by Gasteiger charge is 2.20. The maximum Gasteiger partial charge on any atom is 0.254 e. The number of nitrogens with zero attached hydrogens (tertiary/aromatic N) is 1. The Bertz CT molecular complexity index is 606. The minimum absolute atomic E-state index is 0.102. The molecular weight excluding hydrogens is 300 g/mol. The molecule has 5 nitrogen and oxygen atoms in total. The average molecular weight is 326 g/mol. The van der Waals surface area contributed by atoms with Gasteiger partial charge in [-0.25, -0.2) is 13.1 Å². The number of aryl methyl sites for hydroxylation is 1. The fourth-order valence-electron chi connectivity index (χ4n) is 2.30. The summed E-state index contributed by atoms with van der Waals surface area (Å²) in [6.07, 6.45) is 1.75. The summed E-state index contributed by atoms with van der Waals surface area (Å²) >= 11 is 0. The predicted octanol–water partition coefficient (Wildman–Crippen LogP) is 2.56. The predicted molar refractivity (Wildman–Crippen MR) is 88.5 cm³/mol. The number of carbonyl (C=O) groups is 1. The van der Waals surface area contributed by atoms with Crippen LogP contribution in [0.3, 0.4) is 0 Å². The lowest BCUT2D eigenvalue weighted by atomic mass is 10.1. The normalized spacial score (nSPS) is 11.5. The molecule has 0 bridgehead atoms. The number of hydrogen-bond acceptors (Lipinski definition) is 3. The zero-order chi connectivity index (χ0) is 16.8. The molecular formula is C16H26N2O3S. The van der Waals surface area contributed by atoms with Crippen LogP contribution in [-0.2, 0) is 10.0 Å². The summed E-state index contributed by atoms with van der Waals surface area (Å²) < 4.78 is 26.7. The van der Waals surface area contributed by atoms with Crippen molar-refractivity contribution < 1.29 is 13.2 Å². The zero-order valence-electron chi connectivity index (χ0n) is 13.8. The van der Waals surface area contributed by atoms with E-state index >= 15 is 0 Å². The summed E-state index contributed by atoms with van der Waals surface area (Å²) in [5.74, 6) is -0.102. The van der Waals surface area contributed by atoms with E-state index in [9.17, 15) is 13.2 Å². The van der Waals surface area contributed by atoms with E-state index in [1.807, 2.05) is 20.8 Å². The maximum absolute atomic E-state index is 12.7. The van der Waals surface area contributed by atoms with Crippen molar-refractivity contribution in [1.29, 1.82) is 0 Å². The molecule has 0 spiro atoms. The number of hydrogen-bond donors (Lipinski definition) is 1. The Hall–Kier alpha value is -1.40. The molecule has 1 aromatic rings. The van der Waals surface area contributed by atoms with Crippen LogP contribution in [0.1, 0.15) is 49.5 Å². The van der Waals surface area contributed by atoms with E-state index in [2.05, 4.69) is 4.72 Å². The van der Waals surface area contributed by atoms with Gasteiger partial charge in [-0.15, -0.1) is 0 Å². The first-order valence-corrected chi connectivity index (χ1v) is 9.25. The van der Waals surface area contributed by atoms with Gasteiger partial charge in [0.25, 0.3) is 5.91 Å². The molecule has 0 saturated carbocycles. The SMILES string of the molecule is CCCN(CCC)C(=O)c1cc(S(=O)(=O)NCC)ccc1C. The quantitative estimate of drug-likeness (QED) is 0.798. The first-order valence-electron chi connectivity index (χ1n) is 7.76. The summed E-state index contributed by atoms with van der Waals surface area (Å²) in [6.45, 7) is 9.27. The minimum atomic E-state index is -3.55. The van der Waals surface area contributed by atoms with Crippen LogP contribution >= 0.6 is 0 Å². The topological polar surface area (TPSA) is 66.5 Å². The monoisotopic (exact) mass is 326 g/mol. The molecule has 124 valence electrons. The van der Waals surface area contributed by atoms with Crippen LogP contribution in [0.4, 0.5) is 0 Å². The zero-order valence-corrected chi connectivity index (χ0v) is 14.7. The fourth-order valence-corrected chi connectivity index (χ4v) is 3.36. The van der Waals surface area contributed by atoms with Crippen LogP contribution in [0, 0.1) is 6.92 Å². The van der Waals surface area contributed by atoms with Crippen molar-refractivity contribution in [2.24, 2.45) is 0 Å². The van der Waals surface area contributed by atoms with Crippen LogP contribution in [-0.4, -0.2) is 38.9 Å². The lowest BCUT2D eigenvalue weighted by Crippen LogP contribution is -2.33. The third-order valence-corrected chi connectivity index (χ3v) is 4.90. The van der Waals surface area contributed by atoms with E-state index < -0.39 is 10.0 Å². The highest BCUT2D eigenvalue weighted by molar-refractivity contribution is 7.89. The van der Waals surface area contributed by atoms with Gasteiger partial charge in [0.2, 0.25) is 10.0 Å². The summed E-state index contributed by atoms with van der Waals surface area (Å²) in [6, 6.07) is 4.70. The molecule has 0 aromatic heterocycles. The minimum Gasteiger partial charge on any atom is -0.339 e. The van der Waals surface area contributed by atoms with Crippen LogP contribution in [0.2, 0.25) is 0 Å². The Balaban J connectivity index is 3.21. The first-order chi connectivity index (χ1) is 10.4. The first kappa shape index (κ1) is 18.6. The van der Waals surface area contributed by atoms with E-state index in [1.54, 1.807) is 17.9 Å². The lowest BCUT2D eigenvalue weighted by Gasteiger charge is -2.22. The average Bonchev–Trinajstić information content (AvgIpc) is 2.46. The van der Waals surface area contributed by atoms with Crippen LogP contribution in [0.15, 0.2) is 23.1 Å². The number of rotatable bonds is 8. The third kappa shape index (κ3) is 4.55. The van der Waals surface area contributed by atoms with Crippen molar-refractivity contribution in [3.8, 4) is 0 Å². The largest absolute Gasteiger partial charge is 0.339 e. The van der Waals surface area contributed by atoms with Gasteiger partial charge in [-0.05, 0) is 37.5 Å². The van der Waals surface area contributed by atoms with Crippen LogP contribution in [0.25, 0.3) is 0 Å². The van der Waals surface area contributed by atoms with Crippen molar-refractivity contribution in [2.75, 3.05) is 19.6 Å². The van der Waals surface area contributed by atoms with Gasteiger partial charge in [0.05, 0.1) is 4.90 Å². The van der Waals surface area contributed by atoms with E-state index in [4.69, 9.17) is 0 Å². The van der Waals surface area contributed by atoms with Gasteiger partial charge in [0.15, 0.2) is 0 Å². The highest BCUT2D eigenvalue weighted by Crippen LogP contribution is 2.18. The molecule has 0 unspecified atom stereocenters. The molecule has 1 N–H and O–H groups in total. The molecule has 0 atom stereocenters. The number of benzene rings is 1. The summed E-state index contributed by atoms with van der Waals surface area (Å²) in [5.41, 5.74) is 1.25. The maximum atomic E-state index is 12.7. The molecule has 1 rings (SSSR count). The number of carbonyl (C=O) groups excluding carboxylic acids is 1. The molecule has 6 heteroatoms. The van der Waals surface area contributed by atoms with Crippen molar-refractivity contribution in [2.45, 2.75) is 45.4 Å². The Kier molecular flexibility index (Phi) is 7.03. The molecule has 0 fully saturated rings. The Morgan fingerprint density at radius 3 is 2.23 bits per heavy atom. The van der Waals surface area contributed by atoms with Crippen LogP contribution < -0.4 is 4.72 Å². The van der Waals surface area contributed by atoms with Crippen molar-refractivity contribution in [3.05, 3.63) is 29.3 Å². The van der Waals surface area contributed by atoms with Gasteiger partial charge in [-0.2, -0.15) is 0 Å². The molecule has 0 aliphatic rings. The number of sulfonamides is 1. The van der Waals surface area contributed by atoms with Crippen LogP contribution in [0.5, 0.6) is 0 Å². The highest BCUT2D eigenvalue weighted by atomic mass is 32.2. The molecule has 0 heterocycles. The summed E-state index contributed by atoms with van der Waals surface area (Å²) in [4.78, 5) is 14.6. The molecule has 22 heavy (non-hydrogen) atoms.